The predicted molar refractivity (Wildman–Crippen MR) is 85.2 cm³/mol. The molecular formula is C16H24BrFN2. The van der Waals surface area contributed by atoms with Gasteiger partial charge in [0.15, 0.2) is 0 Å². The van der Waals surface area contributed by atoms with Crippen LogP contribution < -0.4 is 5.32 Å². The Morgan fingerprint density at radius 2 is 2.20 bits per heavy atom. The van der Waals surface area contributed by atoms with Crippen LogP contribution in [0.5, 0.6) is 0 Å². The van der Waals surface area contributed by atoms with Crippen LogP contribution in [-0.2, 0) is 6.54 Å². The van der Waals surface area contributed by atoms with Crippen molar-refractivity contribution < 1.29 is 4.39 Å². The largest absolute Gasteiger partial charge is 0.314 e. The first kappa shape index (κ1) is 15.9. The first-order valence-electron chi connectivity index (χ1n) is 7.43. The molecule has 2 rings (SSSR count). The van der Waals surface area contributed by atoms with Crippen molar-refractivity contribution in [2.24, 2.45) is 5.92 Å². The van der Waals surface area contributed by atoms with Crippen molar-refractivity contribution in [3.05, 3.63) is 34.1 Å². The molecule has 1 saturated heterocycles. The van der Waals surface area contributed by atoms with Gasteiger partial charge in [-0.05, 0) is 55.6 Å². The third-order valence-corrected chi connectivity index (χ3v) is 4.20. The Kier molecular flexibility index (Phi) is 6.00. The van der Waals surface area contributed by atoms with E-state index in [9.17, 15) is 4.39 Å². The van der Waals surface area contributed by atoms with Crippen molar-refractivity contribution >= 4 is 15.9 Å². The number of likely N-dealkylation sites (tertiary alicyclic amines) is 1. The molecule has 1 fully saturated rings. The smallest absolute Gasteiger partial charge is 0.124 e. The van der Waals surface area contributed by atoms with Gasteiger partial charge in [-0.3, -0.25) is 4.90 Å². The van der Waals surface area contributed by atoms with Gasteiger partial charge in [0, 0.05) is 23.6 Å². The Labute approximate surface area is 129 Å². The minimum absolute atomic E-state index is 0.163. The quantitative estimate of drug-likeness (QED) is 0.875. The van der Waals surface area contributed by atoms with Crippen LogP contribution in [-0.4, -0.2) is 30.6 Å². The third-order valence-electron chi connectivity index (χ3n) is 3.75. The Hall–Kier alpha value is -0.450. The monoisotopic (exact) mass is 342 g/mol. The van der Waals surface area contributed by atoms with Crippen molar-refractivity contribution in [3.63, 3.8) is 0 Å². The molecule has 1 unspecified atom stereocenters. The van der Waals surface area contributed by atoms with Gasteiger partial charge in [-0.1, -0.05) is 29.8 Å². The van der Waals surface area contributed by atoms with Gasteiger partial charge in [0.1, 0.15) is 5.82 Å². The van der Waals surface area contributed by atoms with Gasteiger partial charge < -0.3 is 5.32 Å². The summed E-state index contributed by atoms with van der Waals surface area (Å²) in [5.74, 6) is 0.549. The lowest BCUT2D eigenvalue weighted by atomic mass is 9.97. The number of nitrogens with one attached hydrogen (secondary N) is 1. The van der Waals surface area contributed by atoms with E-state index in [0.29, 0.717) is 12.0 Å². The molecule has 4 heteroatoms. The molecule has 20 heavy (non-hydrogen) atoms. The number of benzene rings is 1. The summed E-state index contributed by atoms with van der Waals surface area (Å²) >= 11 is 3.36. The number of piperidine rings is 1. The highest BCUT2D eigenvalue weighted by Gasteiger charge is 2.20. The molecule has 0 aromatic heterocycles. The lowest BCUT2D eigenvalue weighted by molar-refractivity contribution is 0.164. The average Bonchev–Trinajstić information content (AvgIpc) is 2.35. The zero-order valence-corrected chi connectivity index (χ0v) is 13.9. The van der Waals surface area contributed by atoms with Crippen LogP contribution in [0.4, 0.5) is 4.39 Å². The van der Waals surface area contributed by atoms with Gasteiger partial charge in [-0.15, -0.1) is 0 Å². The van der Waals surface area contributed by atoms with E-state index in [1.54, 1.807) is 6.07 Å². The molecular weight excluding hydrogens is 319 g/mol. The zero-order valence-electron chi connectivity index (χ0n) is 12.3. The summed E-state index contributed by atoms with van der Waals surface area (Å²) in [5, 5.41) is 3.52. The highest BCUT2D eigenvalue weighted by molar-refractivity contribution is 9.10. The van der Waals surface area contributed by atoms with Crippen molar-refractivity contribution in [1.29, 1.82) is 0 Å². The normalized spacial score (nSPS) is 20.6. The molecule has 112 valence electrons. The molecule has 1 aliphatic heterocycles. The van der Waals surface area contributed by atoms with E-state index in [1.165, 1.54) is 18.9 Å². The van der Waals surface area contributed by atoms with E-state index in [4.69, 9.17) is 0 Å². The number of nitrogens with zero attached hydrogens (tertiary/aromatic N) is 1. The highest BCUT2D eigenvalue weighted by Crippen LogP contribution is 2.21. The van der Waals surface area contributed by atoms with Crippen molar-refractivity contribution in [3.8, 4) is 0 Å². The summed E-state index contributed by atoms with van der Waals surface area (Å²) < 4.78 is 14.2. The fourth-order valence-corrected chi connectivity index (χ4v) is 3.34. The molecule has 1 aliphatic rings. The van der Waals surface area contributed by atoms with Gasteiger partial charge in [0.25, 0.3) is 0 Å². The van der Waals surface area contributed by atoms with Crippen LogP contribution in [0.15, 0.2) is 22.7 Å². The van der Waals surface area contributed by atoms with Crippen LogP contribution in [0, 0.1) is 11.7 Å². The maximum Gasteiger partial charge on any atom is 0.124 e. The van der Waals surface area contributed by atoms with Crippen molar-refractivity contribution in [2.45, 2.75) is 39.3 Å². The standard InChI is InChI=1S/C16H24BrFN2/c1-12(2)19-9-13-4-3-5-20(10-13)11-14-6-15(17)8-16(18)7-14/h6-8,12-13,19H,3-5,9-11H2,1-2H3. The highest BCUT2D eigenvalue weighted by atomic mass is 79.9. The third kappa shape index (κ3) is 5.15. The molecule has 0 bridgehead atoms. The minimum Gasteiger partial charge on any atom is -0.314 e. The summed E-state index contributed by atoms with van der Waals surface area (Å²) in [7, 11) is 0. The molecule has 2 nitrogen and oxygen atoms in total. The second kappa shape index (κ2) is 7.53. The van der Waals surface area contributed by atoms with E-state index >= 15 is 0 Å². The van der Waals surface area contributed by atoms with Crippen LogP contribution in [0.25, 0.3) is 0 Å². The van der Waals surface area contributed by atoms with Gasteiger partial charge in [0.2, 0.25) is 0 Å². The van der Waals surface area contributed by atoms with Gasteiger partial charge in [-0.25, -0.2) is 4.39 Å². The van der Waals surface area contributed by atoms with E-state index < -0.39 is 0 Å². The van der Waals surface area contributed by atoms with Crippen LogP contribution in [0.3, 0.4) is 0 Å². The summed E-state index contributed by atoms with van der Waals surface area (Å²) in [6.07, 6.45) is 2.53. The van der Waals surface area contributed by atoms with Gasteiger partial charge in [0.05, 0.1) is 0 Å². The van der Waals surface area contributed by atoms with E-state index in [-0.39, 0.29) is 5.82 Å². The Morgan fingerprint density at radius 1 is 1.40 bits per heavy atom. The fraction of sp³-hybridized carbons (Fsp3) is 0.625. The molecule has 0 aliphatic carbocycles. The SMILES string of the molecule is CC(C)NCC1CCCN(Cc2cc(F)cc(Br)c2)C1. The van der Waals surface area contributed by atoms with Gasteiger partial charge >= 0.3 is 0 Å². The lowest BCUT2D eigenvalue weighted by Gasteiger charge is -2.33. The maximum absolute atomic E-state index is 13.4. The van der Waals surface area contributed by atoms with E-state index in [1.807, 2.05) is 6.07 Å². The fourth-order valence-electron chi connectivity index (χ4n) is 2.82. The topological polar surface area (TPSA) is 15.3 Å². The van der Waals surface area contributed by atoms with Crippen LogP contribution in [0.2, 0.25) is 0 Å². The first-order valence-corrected chi connectivity index (χ1v) is 8.23. The molecule has 0 radical (unpaired) electrons. The van der Waals surface area contributed by atoms with Crippen LogP contribution in [0.1, 0.15) is 32.3 Å². The maximum atomic E-state index is 13.4. The number of hydrogen-bond acceptors (Lipinski definition) is 2. The minimum atomic E-state index is -0.163. The summed E-state index contributed by atoms with van der Waals surface area (Å²) in [6.45, 7) is 8.52. The second-order valence-electron chi connectivity index (χ2n) is 6.08. The Morgan fingerprint density at radius 3 is 2.90 bits per heavy atom. The zero-order chi connectivity index (χ0) is 14.5. The van der Waals surface area contributed by atoms with E-state index in [2.05, 4.69) is 40.0 Å². The van der Waals surface area contributed by atoms with Crippen molar-refractivity contribution in [1.82, 2.24) is 10.2 Å². The lowest BCUT2D eigenvalue weighted by Crippen LogP contribution is -2.40. The predicted octanol–water partition coefficient (Wildman–Crippen LogP) is 3.80. The number of halogens is 2. The van der Waals surface area contributed by atoms with E-state index in [0.717, 1.165) is 36.2 Å². The molecule has 1 aromatic carbocycles. The Bertz CT molecular complexity index is 416. The summed E-state index contributed by atoms with van der Waals surface area (Å²) in [4.78, 5) is 2.44. The average molecular weight is 343 g/mol. The van der Waals surface area contributed by atoms with Gasteiger partial charge in [-0.2, -0.15) is 0 Å². The molecule has 0 spiro atoms. The van der Waals surface area contributed by atoms with Crippen LogP contribution >= 0.6 is 15.9 Å². The molecule has 1 atom stereocenters. The molecule has 0 saturated carbocycles. The number of hydrogen-bond donors (Lipinski definition) is 1. The molecule has 0 amide bonds. The Balaban J connectivity index is 1.89. The summed E-state index contributed by atoms with van der Waals surface area (Å²) in [6, 6.07) is 5.71. The molecule has 1 N–H and O–H groups in total. The second-order valence-corrected chi connectivity index (χ2v) is 7.00. The molecule has 1 aromatic rings. The summed E-state index contributed by atoms with van der Waals surface area (Å²) in [5.41, 5.74) is 1.05. The molecule has 1 heterocycles. The first-order chi connectivity index (χ1) is 9.52. The van der Waals surface area contributed by atoms with Crippen molar-refractivity contribution in [2.75, 3.05) is 19.6 Å². The number of rotatable bonds is 5.